The van der Waals surface area contributed by atoms with Crippen LogP contribution in [-0.4, -0.2) is 56.2 Å². The highest BCUT2D eigenvalue weighted by molar-refractivity contribution is 6.05. The molecule has 10 nitrogen and oxygen atoms in total. The van der Waals surface area contributed by atoms with E-state index in [0.717, 1.165) is 11.1 Å². The van der Waals surface area contributed by atoms with Crippen LogP contribution >= 0.6 is 0 Å². The van der Waals surface area contributed by atoms with Crippen LogP contribution in [0.2, 0.25) is 0 Å². The zero-order valence-corrected chi connectivity index (χ0v) is 25.0. The molecule has 1 unspecified atom stereocenters. The average Bonchev–Trinajstić information content (AvgIpc) is 3.37. The van der Waals surface area contributed by atoms with Gasteiger partial charge in [-0.05, 0) is 38.8 Å². The van der Waals surface area contributed by atoms with Gasteiger partial charge in [0, 0.05) is 17.8 Å². The van der Waals surface area contributed by atoms with E-state index in [9.17, 15) is 14.4 Å². The van der Waals surface area contributed by atoms with Gasteiger partial charge in [0.25, 0.3) is 0 Å². The molecule has 0 bridgehead atoms. The van der Waals surface area contributed by atoms with Gasteiger partial charge in [0.05, 0.1) is 50.3 Å². The first-order valence-corrected chi connectivity index (χ1v) is 14.5. The number of carbonyl (C=O) groups excluding carboxylic acids is 3. The first kappa shape index (κ1) is 31.9. The Balaban J connectivity index is 1.52. The molecule has 2 aliphatic rings. The van der Waals surface area contributed by atoms with E-state index in [2.05, 4.69) is 5.32 Å². The Kier molecular flexibility index (Phi) is 11.5. The summed E-state index contributed by atoms with van der Waals surface area (Å²) in [5.74, 6) is -3.65. The number of dihydropyridines is 1. The monoisotopic (exact) mass is 593 g/mol. The molecular weight excluding hydrogens is 554 g/mol. The predicted molar refractivity (Wildman–Crippen MR) is 156 cm³/mol. The number of esters is 3. The lowest BCUT2D eigenvalue weighted by molar-refractivity contribution is -0.183. The zero-order chi connectivity index (χ0) is 30.8. The topological polar surface area (TPSA) is 119 Å². The summed E-state index contributed by atoms with van der Waals surface area (Å²) < 4.78 is 34.6. The third-order valence-electron chi connectivity index (χ3n) is 7.10. The number of hydrogen-bond acceptors (Lipinski definition) is 10. The number of ether oxygens (including phenoxy) is 6. The van der Waals surface area contributed by atoms with Gasteiger partial charge in [-0.25, -0.2) is 9.59 Å². The lowest BCUT2D eigenvalue weighted by Gasteiger charge is -2.29. The van der Waals surface area contributed by atoms with Crippen molar-refractivity contribution in [3.63, 3.8) is 0 Å². The summed E-state index contributed by atoms with van der Waals surface area (Å²) in [5, 5.41) is 3.00. The Labute approximate surface area is 251 Å². The summed E-state index contributed by atoms with van der Waals surface area (Å²) in [6.07, 6.45) is -1.73. The first-order valence-electron chi connectivity index (χ1n) is 14.5. The maximum absolute atomic E-state index is 13.8. The van der Waals surface area contributed by atoms with E-state index in [1.54, 1.807) is 27.7 Å². The zero-order valence-electron chi connectivity index (χ0n) is 25.0. The summed E-state index contributed by atoms with van der Waals surface area (Å²) >= 11 is 0. The molecule has 0 aliphatic carbocycles. The molecule has 2 aliphatic heterocycles. The summed E-state index contributed by atoms with van der Waals surface area (Å²) in [6.45, 7) is 7.69. The van der Waals surface area contributed by atoms with Gasteiger partial charge < -0.3 is 33.7 Å². The molecule has 0 amide bonds. The van der Waals surface area contributed by atoms with Crippen molar-refractivity contribution in [3.8, 4) is 0 Å². The highest BCUT2D eigenvalue weighted by Gasteiger charge is 2.45. The van der Waals surface area contributed by atoms with E-state index < -0.39 is 42.3 Å². The van der Waals surface area contributed by atoms with Crippen LogP contribution in [0.5, 0.6) is 0 Å². The molecule has 1 fully saturated rings. The van der Waals surface area contributed by atoms with Gasteiger partial charge in [0.2, 0.25) is 6.29 Å². The van der Waals surface area contributed by atoms with Crippen LogP contribution in [0.1, 0.15) is 45.2 Å². The second-order valence-electron chi connectivity index (χ2n) is 10.2. The Bertz CT molecular complexity index is 1280. The predicted octanol–water partition coefficient (Wildman–Crippen LogP) is 4.34. The van der Waals surface area contributed by atoms with Crippen LogP contribution in [0.4, 0.5) is 0 Å². The molecule has 3 atom stereocenters. The molecule has 10 heteroatoms. The minimum atomic E-state index is -1.36. The van der Waals surface area contributed by atoms with E-state index in [4.69, 9.17) is 28.4 Å². The van der Waals surface area contributed by atoms with Crippen LogP contribution in [0.25, 0.3) is 0 Å². The third kappa shape index (κ3) is 8.31. The summed E-state index contributed by atoms with van der Waals surface area (Å²) in [4.78, 5) is 39.8. The van der Waals surface area contributed by atoms with Gasteiger partial charge in [-0.1, -0.05) is 60.7 Å². The van der Waals surface area contributed by atoms with E-state index in [1.165, 1.54) is 0 Å². The van der Waals surface area contributed by atoms with Crippen molar-refractivity contribution in [1.82, 2.24) is 5.32 Å². The van der Waals surface area contributed by atoms with Crippen LogP contribution in [0, 0.1) is 5.92 Å². The molecule has 43 heavy (non-hydrogen) atoms. The molecule has 1 N–H and O–H groups in total. The van der Waals surface area contributed by atoms with E-state index in [-0.39, 0.29) is 37.4 Å². The van der Waals surface area contributed by atoms with Crippen molar-refractivity contribution in [3.05, 3.63) is 94.3 Å². The Morgan fingerprint density at radius 2 is 1.35 bits per heavy atom. The highest BCUT2D eigenvalue weighted by atomic mass is 16.7. The van der Waals surface area contributed by atoms with Crippen molar-refractivity contribution in [2.75, 3.05) is 19.8 Å². The molecule has 1 saturated heterocycles. The second kappa shape index (κ2) is 15.5. The Hall–Kier alpha value is -3.99. The Morgan fingerprint density at radius 1 is 0.814 bits per heavy atom. The SMILES string of the molecule is CCOC(=O)C1=C(C)NC(C)=C(C(=O)OCC)C1C(=O)OC1C[C@H](OCc2ccccc2)[C@@H](COCc2ccccc2)O1. The highest BCUT2D eigenvalue weighted by Crippen LogP contribution is 2.34. The van der Waals surface area contributed by atoms with Crippen molar-refractivity contribution in [2.24, 2.45) is 5.92 Å². The number of allylic oxidation sites excluding steroid dienone is 2. The largest absolute Gasteiger partial charge is 0.463 e. The van der Waals surface area contributed by atoms with Crippen molar-refractivity contribution in [1.29, 1.82) is 0 Å². The lowest BCUT2D eigenvalue weighted by Crippen LogP contribution is -2.39. The quantitative estimate of drug-likeness (QED) is 0.265. The number of carbonyl (C=O) groups is 3. The van der Waals surface area contributed by atoms with Gasteiger partial charge in [-0.15, -0.1) is 0 Å². The maximum atomic E-state index is 13.8. The molecule has 0 aromatic heterocycles. The second-order valence-corrected chi connectivity index (χ2v) is 10.2. The number of benzene rings is 2. The fourth-order valence-corrected chi connectivity index (χ4v) is 5.11. The number of hydrogen-bond donors (Lipinski definition) is 1. The number of nitrogens with one attached hydrogen (secondary N) is 1. The average molecular weight is 594 g/mol. The molecule has 0 saturated carbocycles. The minimum absolute atomic E-state index is 0.0156. The lowest BCUT2D eigenvalue weighted by atomic mass is 9.85. The van der Waals surface area contributed by atoms with Crippen LogP contribution in [0.3, 0.4) is 0 Å². The van der Waals surface area contributed by atoms with Gasteiger partial charge in [-0.2, -0.15) is 0 Å². The molecule has 2 aromatic carbocycles. The first-order chi connectivity index (χ1) is 20.8. The standard InChI is InChI=1S/C33H39NO9/c1-5-39-31(35)28-21(3)34-22(4)29(32(36)40-6-2)30(28)33(37)43-27-17-25(41-19-24-15-11-8-12-16-24)26(42-27)20-38-18-23-13-9-7-10-14-23/h7-16,25-27,30,34H,5-6,17-20H2,1-4H3/t25-,26+,27?/m0/s1. The molecule has 2 aromatic rings. The van der Waals surface area contributed by atoms with Gasteiger partial charge in [0.1, 0.15) is 12.0 Å². The van der Waals surface area contributed by atoms with Crippen LogP contribution < -0.4 is 5.32 Å². The normalized spacial score (nSPS) is 20.5. The molecular formula is C33H39NO9. The van der Waals surface area contributed by atoms with Crippen molar-refractivity contribution in [2.45, 2.75) is 65.8 Å². The smallest absolute Gasteiger partial charge is 0.337 e. The molecule has 0 radical (unpaired) electrons. The number of rotatable bonds is 13. The fraction of sp³-hybridized carbons (Fsp3) is 0.424. The van der Waals surface area contributed by atoms with Gasteiger partial charge in [0.15, 0.2) is 0 Å². The van der Waals surface area contributed by atoms with E-state index in [0.29, 0.717) is 24.6 Å². The van der Waals surface area contributed by atoms with Crippen LogP contribution in [0.15, 0.2) is 83.2 Å². The summed E-state index contributed by atoms with van der Waals surface area (Å²) in [6, 6.07) is 19.5. The van der Waals surface area contributed by atoms with Crippen molar-refractivity contribution < 1.29 is 42.8 Å². The minimum Gasteiger partial charge on any atom is -0.463 e. The summed E-state index contributed by atoms with van der Waals surface area (Å²) in [7, 11) is 0. The molecule has 230 valence electrons. The molecule has 4 rings (SSSR count). The fourth-order valence-electron chi connectivity index (χ4n) is 5.11. The van der Waals surface area contributed by atoms with E-state index >= 15 is 0 Å². The van der Waals surface area contributed by atoms with E-state index in [1.807, 2.05) is 60.7 Å². The third-order valence-corrected chi connectivity index (χ3v) is 7.10. The summed E-state index contributed by atoms with van der Waals surface area (Å²) in [5.41, 5.74) is 2.74. The van der Waals surface area contributed by atoms with Crippen molar-refractivity contribution >= 4 is 17.9 Å². The molecule has 0 spiro atoms. The molecule has 2 heterocycles. The Morgan fingerprint density at radius 3 is 1.88 bits per heavy atom. The van der Waals surface area contributed by atoms with Gasteiger partial charge in [-0.3, -0.25) is 4.79 Å². The van der Waals surface area contributed by atoms with Crippen LogP contribution in [-0.2, 0) is 56.0 Å². The maximum Gasteiger partial charge on any atom is 0.337 e. The van der Waals surface area contributed by atoms with Gasteiger partial charge >= 0.3 is 17.9 Å².